The van der Waals surface area contributed by atoms with Crippen LogP contribution in [0.15, 0.2) is 28.1 Å². The first-order valence-corrected chi connectivity index (χ1v) is 3.91. The van der Waals surface area contributed by atoms with Crippen LogP contribution in [0, 0.1) is 6.92 Å². The lowest BCUT2D eigenvalue weighted by atomic mass is 10.2. The van der Waals surface area contributed by atoms with E-state index in [0.29, 0.717) is 0 Å². The average molecular weight is 148 g/mol. The Morgan fingerprint density at radius 1 is 1.50 bits per heavy atom. The molecule has 0 bridgehead atoms. The zero-order valence-corrected chi connectivity index (χ0v) is 6.40. The van der Waals surface area contributed by atoms with E-state index in [9.17, 15) is 0 Å². The minimum Gasteiger partial charge on any atom is -0.0461 e. The lowest BCUT2D eigenvalue weighted by molar-refractivity contribution is 1.34. The molecule has 10 heavy (non-hydrogen) atoms. The number of hydrogen-bond donors (Lipinski definition) is 0. The number of aryl methyl sites for hydroxylation is 1. The highest BCUT2D eigenvalue weighted by Gasteiger charge is 2.18. The zero-order chi connectivity index (χ0) is 6.97. The number of fused-ring (bicyclic) bond motifs is 1. The van der Waals surface area contributed by atoms with E-state index in [-0.39, 0.29) is 0 Å². The van der Waals surface area contributed by atoms with E-state index >= 15 is 0 Å². The van der Waals surface area contributed by atoms with Crippen molar-refractivity contribution in [2.75, 3.05) is 0 Å². The van der Waals surface area contributed by atoms with Crippen molar-refractivity contribution < 1.29 is 0 Å². The van der Waals surface area contributed by atoms with Gasteiger partial charge in [-0.2, -0.15) is 0 Å². The summed E-state index contributed by atoms with van der Waals surface area (Å²) in [6.07, 6.45) is 0. The van der Waals surface area contributed by atoms with Gasteiger partial charge in [-0.15, -0.1) is 0 Å². The molecule has 1 aliphatic heterocycles. The molecule has 0 fully saturated rings. The summed E-state index contributed by atoms with van der Waals surface area (Å²) >= 11 is 1.57. The summed E-state index contributed by atoms with van der Waals surface area (Å²) in [6, 6.07) is 6.22. The molecule has 0 aromatic heterocycles. The van der Waals surface area contributed by atoms with Crippen LogP contribution in [0.5, 0.6) is 0 Å². The third-order valence-corrected chi connectivity index (χ3v) is 2.17. The van der Waals surface area contributed by atoms with Crippen LogP contribution in [0.2, 0.25) is 0 Å². The first-order valence-electron chi connectivity index (χ1n) is 3.09. The number of nitrogens with zero attached hydrogens (tertiary/aromatic N) is 1. The minimum absolute atomic E-state index is 1.05. The second-order valence-electron chi connectivity index (χ2n) is 2.28. The van der Waals surface area contributed by atoms with E-state index in [1.807, 2.05) is 6.07 Å². The van der Waals surface area contributed by atoms with Gasteiger partial charge in [-0.05, 0) is 24.6 Å². The summed E-state index contributed by atoms with van der Waals surface area (Å²) in [5, 5.41) is 0. The fourth-order valence-electron chi connectivity index (χ4n) is 0.917. The van der Waals surface area contributed by atoms with E-state index in [2.05, 4.69) is 29.6 Å². The molecule has 0 amide bonds. The second kappa shape index (κ2) is 2.08. The summed E-state index contributed by atoms with van der Waals surface area (Å²) in [4.78, 5) is 5.28. The molecule has 48 valence electrons. The van der Waals surface area contributed by atoms with Gasteiger partial charge in [0.25, 0.3) is 5.55 Å². The summed E-state index contributed by atoms with van der Waals surface area (Å²) in [6.45, 7) is 2.08. The van der Waals surface area contributed by atoms with Crippen LogP contribution in [0.25, 0.3) is 0 Å². The maximum absolute atomic E-state index is 4.05. The van der Waals surface area contributed by atoms with Gasteiger partial charge in [0, 0.05) is 4.99 Å². The largest absolute Gasteiger partial charge is 0.272 e. The van der Waals surface area contributed by atoms with Crippen LogP contribution in [-0.4, -0.2) is 5.55 Å². The van der Waals surface area contributed by atoms with E-state index in [4.69, 9.17) is 0 Å². The molecule has 0 spiro atoms. The predicted octanol–water partition coefficient (Wildman–Crippen LogP) is 2.64. The standard InChI is InChI=1S/C8H6NS/c1-6-2-3-7-8(4-6)10-5-9-7/h2-4H,1H3/q+1. The zero-order valence-electron chi connectivity index (χ0n) is 5.59. The van der Waals surface area contributed by atoms with Crippen molar-refractivity contribution in [3.63, 3.8) is 0 Å². The van der Waals surface area contributed by atoms with Crippen molar-refractivity contribution in [3.8, 4) is 0 Å². The van der Waals surface area contributed by atoms with E-state index in [0.717, 1.165) is 5.69 Å². The summed E-state index contributed by atoms with van der Waals surface area (Å²) in [7, 11) is 0. The van der Waals surface area contributed by atoms with Crippen LogP contribution in [-0.2, 0) is 0 Å². The lowest BCUT2D eigenvalue weighted by Crippen LogP contribution is -1.70. The Morgan fingerprint density at radius 2 is 2.40 bits per heavy atom. The highest BCUT2D eigenvalue weighted by Crippen LogP contribution is 2.34. The van der Waals surface area contributed by atoms with Crippen LogP contribution >= 0.6 is 11.8 Å². The molecule has 0 saturated heterocycles. The number of benzene rings is 1. The van der Waals surface area contributed by atoms with Gasteiger partial charge in [-0.3, -0.25) is 0 Å². The molecular formula is C8H6NS+. The maximum Gasteiger partial charge on any atom is 0.272 e. The highest BCUT2D eigenvalue weighted by molar-refractivity contribution is 8.12. The molecule has 1 heterocycles. The molecule has 0 aliphatic carbocycles. The Kier molecular flexibility index (Phi) is 1.23. The van der Waals surface area contributed by atoms with Crippen LogP contribution < -0.4 is 0 Å². The molecular weight excluding hydrogens is 142 g/mol. The molecule has 0 radical (unpaired) electrons. The minimum atomic E-state index is 1.05. The Hall–Kier alpha value is -0.850. The van der Waals surface area contributed by atoms with Gasteiger partial charge < -0.3 is 0 Å². The van der Waals surface area contributed by atoms with Gasteiger partial charge in [0.1, 0.15) is 11.8 Å². The van der Waals surface area contributed by atoms with Crippen LogP contribution in [0.1, 0.15) is 5.56 Å². The smallest absolute Gasteiger partial charge is 0.0461 e. The molecule has 2 heteroatoms. The lowest BCUT2D eigenvalue weighted by Gasteiger charge is -1.87. The van der Waals surface area contributed by atoms with Gasteiger partial charge in [-0.25, -0.2) is 0 Å². The Labute approximate surface area is 64.2 Å². The van der Waals surface area contributed by atoms with Crippen molar-refractivity contribution in [1.82, 2.24) is 0 Å². The van der Waals surface area contributed by atoms with Gasteiger partial charge >= 0.3 is 0 Å². The molecule has 0 atom stereocenters. The number of thioether (sulfide) groups is 1. The monoisotopic (exact) mass is 148 g/mol. The Bertz CT molecular complexity index is 291. The summed E-state index contributed by atoms with van der Waals surface area (Å²) in [5.74, 6) is 0. The molecule has 2 rings (SSSR count). The van der Waals surface area contributed by atoms with Crippen molar-refractivity contribution in [3.05, 3.63) is 23.8 Å². The number of hydrogen-bond acceptors (Lipinski definition) is 2. The van der Waals surface area contributed by atoms with Gasteiger partial charge in [-0.1, -0.05) is 0 Å². The topological polar surface area (TPSA) is 12.4 Å². The normalized spacial score (nSPS) is 12.9. The molecule has 1 aromatic carbocycles. The Balaban J connectivity index is 2.59. The van der Waals surface area contributed by atoms with Crippen molar-refractivity contribution in [2.24, 2.45) is 4.99 Å². The van der Waals surface area contributed by atoms with Crippen molar-refractivity contribution in [2.45, 2.75) is 11.8 Å². The van der Waals surface area contributed by atoms with Gasteiger partial charge in [0.05, 0.1) is 6.07 Å². The fraction of sp³-hybridized carbons (Fsp3) is 0.125. The van der Waals surface area contributed by atoms with Crippen LogP contribution in [0.3, 0.4) is 0 Å². The summed E-state index contributed by atoms with van der Waals surface area (Å²) < 4.78 is 0. The average Bonchev–Trinajstić information content (AvgIpc) is 2.33. The van der Waals surface area contributed by atoms with Gasteiger partial charge in [0.15, 0.2) is 4.90 Å². The highest BCUT2D eigenvalue weighted by atomic mass is 32.2. The molecule has 0 unspecified atom stereocenters. The van der Waals surface area contributed by atoms with Crippen LogP contribution in [0.4, 0.5) is 5.69 Å². The first-order chi connectivity index (χ1) is 4.86. The molecule has 1 aliphatic rings. The second-order valence-corrected chi connectivity index (χ2v) is 3.10. The van der Waals surface area contributed by atoms with E-state index in [1.54, 1.807) is 11.8 Å². The molecule has 1 aromatic rings. The van der Waals surface area contributed by atoms with E-state index < -0.39 is 0 Å². The van der Waals surface area contributed by atoms with Crippen molar-refractivity contribution >= 4 is 23.0 Å². The molecule has 0 N–H and O–H groups in total. The van der Waals surface area contributed by atoms with E-state index in [1.165, 1.54) is 10.5 Å². The Morgan fingerprint density at radius 3 is 3.30 bits per heavy atom. The number of aliphatic imine (C=N–C) groups is 1. The first kappa shape index (κ1) is 5.90. The molecule has 0 saturated carbocycles. The third kappa shape index (κ3) is 0.821. The quantitative estimate of drug-likeness (QED) is 0.515. The number of rotatable bonds is 0. The fourth-order valence-corrected chi connectivity index (χ4v) is 1.62. The maximum atomic E-state index is 4.05. The van der Waals surface area contributed by atoms with Gasteiger partial charge in [0.2, 0.25) is 5.69 Å². The summed E-state index contributed by atoms with van der Waals surface area (Å²) in [5.41, 5.74) is 5.19. The predicted molar refractivity (Wildman–Crippen MR) is 44.1 cm³/mol. The third-order valence-electron chi connectivity index (χ3n) is 1.44. The molecule has 1 nitrogen and oxygen atoms in total. The SMILES string of the molecule is Cc1ccc2c(c1)S[C+]=N2. The van der Waals surface area contributed by atoms with Crippen molar-refractivity contribution in [1.29, 1.82) is 0 Å².